The molecule has 0 bridgehead atoms. The van der Waals surface area contributed by atoms with Gasteiger partial charge in [-0.3, -0.25) is 4.79 Å². The van der Waals surface area contributed by atoms with Gasteiger partial charge in [-0.05, 0) is 19.1 Å². The standard InChI is InChI=1S/C17H22N4O3/c1-11-6-16(21(2)3)20-15(19-11)10-18-17(22)12-7-13(23-4)9-14(8-12)24-5/h6-9H,10H2,1-5H3,(H,18,22). The number of nitrogens with one attached hydrogen (secondary N) is 1. The molecule has 0 aliphatic heterocycles. The summed E-state index contributed by atoms with van der Waals surface area (Å²) in [6.07, 6.45) is 0. The summed E-state index contributed by atoms with van der Waals surface area (Å²) < 4.78 is 10.4. The van der Waals surface area contributed by atoms with Crippen LogP contribution in [0.5, 0.6) is 11.5 Å². The highest BCUT2D eigenvalue weighted by atomic mass is 16.5. The maximum absolute atomic E-state index is 12.4. The highest BCUT2D eigenvalue weighted by molar-refractivity contribution is 5.95. The van der Waals surface area contributed by atoms with Crippen molar-refractivity contribution in [2.24, 2.45) is 0 Å². The molecule has 128 valence electrons. The molecule has 2 aromatic rings. The fraction of sp³-hybridized carbons (Fsp3) is 0.353. The second kappa shape index (κ2) is 7.63. The van der Waals surface area contributed by atoms with E-state index in [4.69, 9.17) is 9.47 Å². The molecule has 1 N–H and O–H groups in total. The summed E-state index contributed by atoms with van der Waals surface area (Å²) in [5.74, 6) is 2.22. The molecule has 7 nitrogen and oxygen atoms in total. The molecule has 2 rings (SSSR count). The van der Waals surface area contributed by atoms with Gasteiger partial charge in [-0.15, -0.1) is 0 Å². The van der Waals surface area contributed by atoms with Crippen LogP contribution in [0.2, 0.25) is 0 Å². The summed E-state index contributed by atoms with van der Waals surface area (Å²) >= 11 is 0. The number of hydrogen-bond acceptors (Lipinski definition) is 6. The van der Waals surface area contributed by atoms with E-state index < -0.39 is 0 Å². The summed E-state index contributed by atoms with van der Waals surface area (Å²) in [7, 11) is 6.90. The van der Waals surface area contributed by atoms with Crippen molar-refractivity contribution in [3.05, 3.63) is 41.3 Å². The molecule has 24 heavy (non-hydrogen) atoms. The van der Waals surface area contributed by atoms with Crippen LogP contribution in [0.3, 0.4) is 0 Å². The third-order valence-electron chi connectivity index (χ3n) is 3.37. The van der Waals surface area contributed by atoms with E-state index >= 15 is 0 Å². The number of ether oxygens (including phenoxy) is 2. The average Bonchev–Trinajstić information content (AvgIpc) is 2.58. The summed E-state index contributed by atoms with van der Waals surface area (Å²) in [6.45, 7) is 2.13. The number of carbonyl (C=O) groups excluding carboxylic acids is 1. The van der Waals surface area contributed by atoms with Crippen LogP contribution >= 0.6 is 0 Å². The molecule has 0 aliphatic rings. The Kier molecular flexibility index (Phi) is 5.57. The molecule has 0 aliphatic carbocycles. The quantitative estimate of drug-likeness (QED) is 0.870. The molecule has 7 heteroatoms. The SMILES string of the molecule is COc1cc(OC)cc(C(=O)NCc2nc(C)cc(N(C)C)n2)c1. The molecule has 0 saturated carbocycles. The zero-order valence-electron chi connectivity index (χ0n) is 14.6. The number of amides is 1. The first-order valence-electron chi connectivity index (χ1n) is 7.46. The molecule has 0 spiro atoms. The van der Waals surface area contributed by atoms with E-state index in [-0.39, 0.29) is 12.5 Å². The molecule has 1 aromatic heterocycles. The van der Waals surface area contributed by atoms with Crippen molar-refractivity contribution in [2.45, 2.75) is 13.5 Å². The predicted octanol–water partition coefficient (Wildman–Crippen LogP) is 1.80. The van der Waals surface area contributed by atoms with Gasteiger partial charge in [-0.25, -0.2) is 9.97 Å². The zero-order chi connectivity index (χ0) is 17.7. The molecule has 0 atom stereocenters. The molecule has 0 saturated heterocycles. The molecule has 1 heterocycles. The van der Waals surface area contributed by atoms with Crippen LogP contribution in [0.25, 0.3) is 0 Å². The van der Waals surface area contributed by atoms with Gasteiger partial charge in [0.2, 0.25) is 0 Å². The lowest BCUT2D eigenvalue weighted by atomic mass is 10.2. The molecule has 1 aromatic carbocycles. The number of nitrogens with zero attached hydrogens (tertiary/aromatic N) is 3. The van der Waals surface area contributed by atoms with Crippen LogP contribution in [0.1, 0.15) is 21.9 Å². The lowest BCUT2D eigenvalue weighted by molar-refractivity contribution is 0.0949. The minimum absolute atomic E-state index is 0.237. The Morgan fingerprint density at radius 2 is 1.71 bits per heavy atom. The van der Waals surface area contributed by atoms with E-state index in [2.05, 4.69) is 15.3 Å². The zero-order valence-corrected chi connectivity index (χ0v) is 14.6. The van der Waals surface area contributed by atoms with Crippen LogP contribution in [-0.2, 0) is 6.54 Å². The second-order valence-electron chi connectivity index (χ2n) is 5.46. The van der Waals surface area contributed by atoms with Gasteiger partial charge >= 0.3 is 0 Å². The Bertz CT molecular complexity index is 710. The lowest BCUT2D eigenvalue weighted by Crippen LogP contribution is -2.25. The molecule has 1 amide bonds. The van der Waals surface area contributed by atoms with Gasteiger partial charge in [0.25, 0.3) is 5.91 Å². The number of hydrogen-bond donors (Lipinski definition) is 1. The van der Waals surface area contributed by atoms with Gasteiger partial charge in [0, 0.05) is 37.5 Å². The largest absolute Gasteiger partial charge is 0.497 e. The van der Waals surface area contributed by atoms with Crippen molar-refractivity contribution >= 4 is 11.7 Å². The fourth-order valence-electron chi connectivity index (χ4n) is 2.12. The smallest absolute Gasteiger partial charge is 0.251 e. The first-order valence-corrected chi connectivity index (χ1v) is 7.46. The Labute approximate surface area is 141 Å². The van der Waals surface area contributed by atoms with E-state index in [1.54, 1.807) is 32.4 Å². The Morgan fingerprint density at radius 3 is 2.25 bits per heavy atom. The maximum Gasteiger partial charge on any atom is 0.251 e. The minimum Gasteiger partial charge on any atom is -0.497 e. The van der Waals surface area contributed by atoms with Crippen molar-refractivity contribution < 1.29 is 14.3 Å². The normalized spacial score (nSPS) is 10.2. The van der Waals surface area contributed by atoms with Crippen LogP contribution in [0.4, 0.5) is 5.82 Å². The summed E-state index contributed by atoms with van der Waals surface area (Å²) in [5, 5.41) is 2.82. The molecule has 0 radical (unpaired) electrons. The van der Waals surface area contributed by atoms with Crippen molar-refractivity contribution in [3.8, 4) is 11.5 Å². The number of aromatic nitrogens is 2. The van der Waals surface area contributed by atoms with E-state index in [1.807, 2.05) is 32.0 Å². The Morgan fingerprint density at radius 1 is 1.08 bits per heavy atom. The number of benzene rings is 1. The van der Waals surface area contributed by atoms with E-state index in [0.29, 0.717) is 22.9 Å². The van der Waals surface area contributed by atoms with Gasteiger partial charge in [0.1, 0.15) is 23.1 Å². The summed E-state index contributed by atoms with van der Waals surface area (Å²) in [5.41, 5.74) is 1.30. The van der Waals surface area contributed by atoms with Crippen LogP contribution in [0, 0.1) is 6.92 Å². The molecule has 0 fully saturated rings. The van der Waals surface area contributed by atoms with Crippen molar-refractivity contribution in [1.82, 2.24) is 15.3 Å². The Hall–Kier alpha value is -2.83. The Balaban J connectivity index is 2.13. The minimum atomic E-state index is -0.247. The van der Waals surface area contributed by atoms with Gasteiger partial charge in [-0.1, -0.05) is 0 Å². The highest BCUT2D eigenvalue weighted by Gasteiger charge is 2.11. The third-order valence-corrected chi connectivity index (χ3v) is 3.37. The third kappa shape index (κ3) is 4.34. The van der Waals surface area contributed by atoms with Gasteiger partial charge in [-0.2, -0.15) is 0 Å². The maximum atomic E-state index is 12.4. The number of anilines is 1. The van der Waals surface area contributed by atoms with Crippen molar-refractivity contribution in [1.29, 1.82) is 0 Å². The number of aryl methyl sites for hydroxylation is 1. The summed E-state index contributed by atoms with van der Waals surface area (Å²) in [4.78, 5) is 23.0. The summed E-state index contributed by atoms with van der Waals surface area (Å²) in [6, 6.07) is 6.91. The molecular weight excluding hydrogens is 308 g/mol. The lowest BCUT2D eigenvalue weighted by Gasteiger charge is -2.13. The molecule has 0 unspecified atom stereocenters. The number of carbonyl (C=O) groups is 1. The predicted molar refractivity (Wildman–Crippen MR) is 91.8 cm³/mol. The van der Waals surface area contributed by atoms with E-state index in [1.165, 1.54) is 0 Å². The van der Waals surface area contributed by atoms with E-state index in [0.717, 1.165) is 11.5 Å². The van der Waals surface area contributed by atoms with Crippen molar-refractivity contribution in [2.75, 3.05) is 33.2 Å². The van der Waals surface area contributed by atoms with Crippen LogP contribution in [-0.4, -0.2) is 44.2 Å². The number of methoxy groups -OCH3 is 2. The fourth-order valence-corrected chi connectivity index (χ4v) is 2.12. The van der Waals surface area contributed by atoms with Gasteiger partial charge in [0.15, 0.2) is 0 Å². The van der Waals surface area contributed by atoms with Gasteiger partial charge < -0.3 is 19.7 Å². The van der Waals surface area contributed by atoms with Crippen LogP contribution < -0.4 is 19.7 Å². The average molecular weight is 330 g/mol. The monoisotopic (exact) mass is 330 g/mol. The first-order chi connectivity index (χ1) is 11.4. The second-order valence-corrected chi connectivity index (χ2v) is 5.46. The number of rotatable bonds is 6. The topological polar surface area (TPSA) is 76.6 Å². The van der Waals surface area contributed by atoms with Gasteiger partial charge in [0.05, 0.1) is 20.8 Å². The first kappa shape index (κ1) is 17.5. The highest BCUT2D eigenvalue weighted by Crippen LogP contribution is 2.22. The molecular formula is C17H22N4O3. The van der Waals surface area contributed by atoms with Crippen LogP contribution in [0.15, 0.2) is 24.3 Å². The van der Waals surface area contributed by atoms with E-state index in [9.17, 15) is 4.79 Å². The van der Waals surface area contributed by atoms with Crippen molar-refractivity contribution in [3.63, 3.8) is 0 Å².